The Morgan fingerprint density at radius 3 is 1.97 bits per heavy atom. The zero-order valence-electron chi connectivity index (χ0n) is 16.3. The van der Waals surface area contributed by atoms with Gasteiger partial charge < -0.3 is 29.2 Å². The highest BCUT2D eigenvalue weighted by atomic mass is 19.4. The van der Waals surface area contributed by atoms with Gasteiger partial charge in [0.1, 0.15) is 0 Å². The maximum atomic E-state index is 13.2. The molecule has 0 aromatic carbocycles. The molecule has 176 valence electrons. The minimum Gasteiger partial charge on any atom is -0.383 e. The van der Waals surface area contributed by atoms with E-state index in [9.17, 15) is 36.6 Å². The molecule has 2 N–H and O–H groups in total. The molecule has 3 rings (SSSR count). The number of aliphatic hydroxyl groups excluding tert-OH is 2. The maximum absolute atomic E-state index is 13.2. The van der Waals surface area contributed by atoms with Crippen LogP contribution in [0.25, 0.3) is 0 Å². The first-order valence-corrected chi connectivity index (χ1v) is 9.81. The Morgan fingerprint density at radius 2 is 1.47 bits per heavy atom. The van der Waals surface area contributed by atoms with Gasteiger partial charge in [-0.2, -0.15) is 26.3 Å². The number of hydrogen-bond acceptors (Lipinski definition) is 6. The van der Waals surface area contributed by atoms with Crippen molar-refractivity contribution in [2.45, 2.75) is 68.7 Å². The summed E-state index contributed by atoms with van der Waals surface area (Å²) in [5.41, 5.74) is 0. The molecule has 1 spiro atoms. The van der Waals surface area contributed by atoms with E-state index >= 15 is 0 Å². The topological polar surface area (TPSA) is 77.4 Å². The lowest BCUT2D eigenvalue weighted by Gasteiger charge is -2.41. The molecule has 0 bridgehead atoms. The van der Waals surface area contributed by atoms with Crippen LogP contribution in [-0.4, -0.2) is 72.8 Å². The Kier molecular flexibility index (Phi) is 6.69. The van der Waals surface area contributed by atoms with Gasteiger partial charge in [-0.05, 0) is 25.7 Å². The summed E-state index contributed by atoms with van der Waals surface area (Å²) in [6, 6.07) is 0. The largest absolute Gasteiger partial charge is 0.414 e. The van der Waals surface area contributed by atoms with Crippen molar-refractivity contribution in [2.24, 2.45) is 17.8 Å². The Balaban J connectivity index is 1.66. The van der Waals surface area contributed by atoms with Gasteiger partial charge in [0.15, 0.2) is 23.8 Å². The lowest BCUT2D eigenvalue weighted by atomic mass is 9.89. The summed E-state index contributed by atoms with van der Waals surface area (Å²) in [6.07, 6.45) is -15.2. The number of alkyl halides is 6. The van der Waals surface area contributed by atoms with E-state index in [1.165, 1.54) is 6.92 Å². The van der Waals surface area contributed by atoms with Gasteiger partial charge in [-0.1, -0.05) is 0 Å². The second-order valence-electron chi connectivity index (χ2n) is 8.43. The first-order valence-electron chi connectivity index (χ1n) is 9.81. The van der Waals surface area contributed by atoms with Crippen molar-refractivity contribution in [3.05, 3.63) is 0 Å². The monoisotopic (exact) mass is 452 g/mol. The van der Waals surface area contributed by atoms with E-state index < -0.39 is 60.3 Å². The van der Waals surface area contributed by atoms with Gasteiger partial charge in [-0.25, -0.2) is 0 Å². The molecule has 2 heterocycles. The van der Waals surface area contributed by atoms with Crippen LogP contribution in [0, 0.1) is 17.8 Å². The van der Waals surface area contributed by atoms with Gasteiger partial charge in [0.25, 0.3) is 0 Å². The second-order valence-corrected chi connectivity index (χ2v) is 8.43. The molecule has 6 nitrogen and oxygen atoms in total. The highest BCUT2D eigenvalue weighted by molar-refractivity contribution is 5.00. The van der Waals surface area contributed by atoms with Gasteiger partial charge in [0.2, 0.25) is 0 Å². The molecule has 3 aliphatic rings. The fourth-order valence-electron chi connectivity index (χ4n) is 4.50. The summed E-state index contributed by atoms with van der Waals surface area (Å²) >= 11 is 0. The molecule has 4 unspecified atom stereocenters. The Bertz CT molecular complexity index is 583. The van der Waals surface area contributed by atoms with Crippen molar-refractivity contribution in [2.75, 3.05) is 26.4 Å². The van der Waals surface area contributed by atoms with Gasteiger partial charge >= 0.3 is 12.4 Å². The molecule has 4 atom stereocenters. The van der Waals surface area contributed by atoms with E-state index in [-0.39, 0.29) is 39.3 Å². The summed E-state index contributed by atoms with van der Waals surface area (Å²) < 4.78 is 99.5. The van der Waals surface area contributed by atoms with Crippen molar-refractivity contribution < 1.29 is 55.5 Å². The van der Waals surface area contributed by atoms with Crippen molar-refractivity contribution in [3.63, 3.8) is 0 Å². The van der Waals surface area contributed by atoms with Crippen LogP contribution in [0.15, 0.2) is 0 Å². The smallest absolute Gasteiger partial charge is 0.383 e. The maximum Gasteiger partial charge on any atom is 0.414 e. The van der Waals surface area contributed by atoms with Gasteiger partial charge in [0, 0.05) is 24.7 Å². The summed E-state index contributed by atoms with van der Waals surface area (Å²) in [5, 5.41) is 19.2. The second kappa shape index (κ2) is 8.36. The molecule has 30 heavy (non-hydrogen) atoms. The van der Waals surface area contributed by atoms with Crippen molar-refractivity contribution in [1.29, 1.82) is 0 Å². The van der Waals surface area contributed by atoms with Crippen molar-refractivity contribution >= 4 is 0 Å². The summed E-state index contributed by atoms with van der Waals surface area (Å²) in [5.74, 6) is -5.39. The number of ether oxygens (including phenoxy) is 4. The van der Waals surface area contributed by atoms with Crippen LogP contribution >= 0.6 is 0 Å². The molecular formula is C18H26F6O6. The molecule has 0 aromatic heterocycles. The quantitative estimate of drug-likeness (QED) is 0.639. The molecular weight excluding hydrogens is 426 g/mol. The predicted octanol–water partition coefficient (Wildman–Crippen LogP) is 2.76. The van der Waals surface area contributed by atoms with Crippen LogP contribution < -0.4 is 0 Å². The van der Waals surface area contributed by atoms with Crippen LogP contribution in [-0.2, 0) is 18.9 Å². The number of hydrogen-bond donors (Lipinski definition) is 2. The zero-order chi connectivity index (χ0) is 22.4. The minimum atomic E-state index is -4.84. The Labute approximate surface area is 169 Å². The summed E-state index contributed by atoms with van der Waals surface area (Å²) in [7, 11) is 0. The molecule has 12 heteroatoms. The number of halogens is 6. The third-order valence-corrected chi connectivity index (χ3v) is 6.18. The van der Waals surface area contributed by atoms with Crippen LogP contribution in [0.3, 0.4) is 0 Å². The van der Waals surface area contributed by atoms with Crippen LogP contribution in [0.4, 0.5) is 26.3 Å². The standard InChI is InChI=1S/C18H26F6O6/c1-15(7-13(25)17(19,20)21)29-8-11(9-30-15)10-5-12(14(26)18(22,23)24)16(6-10)27-3-2-4-28-16/h10-14,25-26H,2-9H2,1H3. The fraction of sp³-hybridized carbons (Fsp3) is 1.00. The van der Waals surface area contributed by atoms with Gasteiger partial charge in [0.05, 0.1) is 26.4 Å². The number of rotatable bonds is 4. The Morgan fingerprint density at radius 1 is 0.900 bits per heavy atom. The third-order valence-electron chi connectivity index (χ3n) is 6.18. The van der Waals surface area contributed by atoms with Crippen LogP contribution in [0.2, 0.25) is 0 Å². The third kappa shape index (κ3) is 5.04. The molecule has 2 aliphatic heterocycles. The predicted molar refractivity (Wildman–Crippen MR) is 88.0 cm³/mol. The highest BCUT2D eigenvalue weighted by Crippen LogP contribution is 2.52. The van der Waals surface area contributed by atoms with Crippen LogP contribution in [0.5, 0.6) is 0 Å². The Hall–Kier alpha value is -0.660. The molecule has 0 amide bonds. The van der Waals surface area contributed by atoms with E-state index in [2.05, 4.69) is 0 Å². The zero-order valence-corrected chi connectivity index (χ0v) is 16.3. The van der Waals surface area contributed by atoms with E-state index in [1.807, 2.05) is 0 Å². The molecule has 3 fully saturated rings. The van der Waals surface area contributed by atoms with Crippen molar-refractivity contribution in [1.82, 2.24) is 0 Å². The molecule has 0 radical (unpaired) electrons. The lowest BCUT2D eigenvalue weighted by molar-refractivity contribution is -0.322. The summed E-state index contributed by atoms with van der Waals surface area (Å²) in [6.45, 7) is 1.57. The molecule has 1 saturated carbocycles. The molecule has 2 saturated heterocycles. The highest BCUT2D eigenvalue weighted by Gasteiger charge is 2.60. The van der Waals surface area contributed by atoms with E-state index in [0.717, 1.165) is 0 Å². The number of aliphatic hydroxyl groups is 2. The van der Waals surface area contributed by atoms with E-state index in [4.69, 9.17) is 18.9 Å². The molecule has 0 aromatic rings. The lowest BCUT2D eigenvalue weighted by Crippen LogP contribution is -2.51. The van der Waals surface area contributed by atoms with E-state index in [1.54, 1.807) is 0 Å². The first kappa shape index (κ1) is 24.0. The molecule has 1 aliphatic carbocycles. The summed E-state index contributed by atoms with van der Waals surface area (Å²) in [4.78, 5) is 0. The average molecular weight is 452 g/mol. The van der Waals surface area contributed by atoms with E-state index in [0.29, 0.717) is 6.42 Å². The SMILES string of the molecule is CC1(CC(O)C(F)(F)F)OCC(C2CC(C(O)C(F)(F)F)C3(C2)OCCCO3)CO1. The fourth-order valence-corrected chi connectivity index (χ4v) is 4.50. The minimum absolute atomic E-state index is 0.0556. The first-order chi connectivity index (χ1) is 13.8. The van der Waals surface area contributed by atoms with Gasteiger partial charge in [-0.3, -0.25) is 0 Å². The van der Waals surface area contributed by atoms with Crippen LogP contribution in [0.1, 0.15) is 32.6 Å². The normalized spacial score (nSPS) is 37.3. The van der Waals surface area contributed by atoms with Crippen molar-refractivity contribution in [3.8, 4) is 0 Å². The average Bonchev–Trinajstić information content (AvgIpc) is 2.98. The van der Waals surface area contributed by atoms with Gasteiger partial charge in [-0.15, -0.1) is 0 Å².